The fourth-order valence-corrected chi connectivity index (χ4v) is 5.84. The van der Waals surface area contributed by atoms with Gasteiger partial charge in [-0.2, -0.15) is 0 Å². The van der Waals surface area contributed by atoms with Crippen molar-refractivity contribution in [2.75, 3.05) is 25.1 Å². The SMILES string of the molecule is CC[C@H](C(=O)NC(C)(C)C)N(Cc1ccc(OC)cc1)C(=O)CN(c1cccc(OC)c1)S(=O)(=O)c1ccc(C)cc1. The molecule has 42 heavy (non-hydrogen) atoms. The molecule has 0 unspecified atom stereocenters. The molecule has 0 aliphatic heterocycles. The Morgan fingerprint density at radius 1 is 0.905 bits per heavy atom. The number of carbonyl (C=O) groups is 2. The maximum Gasteiger partial charge on any atom is 0.264 e. The van der Waals surface area contributed by atoms with Gasteiger partial charge in [0.05, 0.1) is 24.8 Å². The first-order valence-electron chi connectivity index (χ1n) is 13.8. The largest absolute Gasteiger partial charge is 0.497 e. The third kappa shape index (κ3) is 8.25. The summed E-state index contributed by atoms with van der Waals surface area (Å²) in [6, 6.07) is 19.3. The molecule has 3 aromatic carbocycles. The molecule has 0 heterocycles. The zero-order chi connectivity index (χ0) is 31.1. The molecule has 1 atom stereocenters. The average Bonchev–Trinajstić information content (AvgIpc) is 2.95. The van der Waals surface area contributed by atoms with Crippen LogP contribution in [0.3, 0.4) is 0 Å². The molecule has 9 nitrogen and oxygen atoms in total. The number of ether oxygens (including phenoxy) is 2. The number of sulfonamides is 1. The van der Waals surface area contributed by atoms with Gasteiger partial charge in [0.25, 0.3) is 10.0 Å². The van der Waals surface area contributed by atoms with E-state index in [-0.39, 0.29) is 23.0 Å². The predicted octanol–water partition coefficient (Wildman–Crippen LogP) is 4.93. The molecule has 2 amide bonds. The van der Waals surface area contributed by atoms with Crippen LogP contribution in [0, 0.1) is 6.92 Å². The number of carbonyl (C=O) groups excluding carboxylic acids is 2. The standard InChI is InChI=1S/C32H41N3O6S/c1-8-29(31(37)33-32(3,4)5)34(21-24-14-16-26(40-6)17-15-24)30(36)22-35(25-10-9-11-27(20-25)41-7)42(38,39)28-18-12-23(2)13-19-28/h9-20,29H,8,21-22H2,1-7H3,(H,33,37)/t29-/m1/s1. The molecular formula is C32H41N3O6S. The highest BCUT2D eigenvalue weighted by Crippen LogP contribution is 2.28. The molecule has 0 bridgehead atoms. The van der Waals surface area contributed by atoms with E-state index in [4.69, 9.17) is 9.47 Å². The van der Waals surface area contributed by atoms with Crippen molar-refractivity contribution >= 4 is 27.5 Å². The van der Waals surface area contributed by atoms with E-state index < -0.39 is 34.1 Å². The Hall–Kier alpha value is -4.05. The molecule has 3 aromatic rings. The first kappa shape index (κ1) is 32.5. The maximum absolute atomic E-state index is 14.2. The van der Waals surface area contributed by atoms with E-state index in [0.29, 0.717) is 17.9 Å². The second-order valence-corrected chi connectivity index (χ2v) is 12.9. The Kier molecular flexibility index (Phi) is 10.6. The first-order valence-corrected chi connectivity index (χ1v) is 15.2. The Morgan fingerprint density at radius 3 is 2.07 bits per heavy atom. The van der Waals surface area contributed by atoms with Crippen LogP contribution in [0.5, 0.6) is 11.5 Å². The van der Waals surface area contributed by atoms with Gasteiger partial charge in [0, 0.05) is 18.2 Å². The molecule has 0 aliphatic carbocycles. The molecular weight excluding hydrogens is 554 g/mol. The van der Waals surface area contributed by atoms with E-state index in [1.54, 1.807) is 55.6 Å². The molecule has 0 saturated carbocycles. The van der Waals surface area contributed by atoms with Gasteiger partial charge in [0.2, 0.25) is 11.8 Å². The van der Waals surface area contributed by atoms with Crippen LogP contribution in [0.4, 0.5) is 5.69 Å². The Labute approximate surface area is 249 Å². The van der Waals surface area contributed by atoms with Crippen molar-refractivity contribution in [2.24, 2.45) is 0 Å². The van der Waals surface area contributed by atoms with Gasteiger partial charge in [-0.1, -0.05) is 42.8 Å². The fraction of sp³-hybridized carbons (Fsp3) is 0.375. The molecule has 3 rings (SSSR count). The summed E-state index contributed by atoms with van der Waals surface area (Å²) in [4.78, 5) is 29.1. The minimum absolute atomic E-state index is 0.0444. The van der Waals surface area contributed by atoms with Crippen molar-refractivity contribution in [2.45, 2.75) is 64.1 Å². The lowest BCUT2D eigenvalue weighted by Gasteiger charge is -2.34. The van der Waals surface area contributed by atoms with Crippen LogP contribution in [0.15, 0.2) is 77.7 Å². The summed E-state index contributed by atoms with van der Waals surface area (Å²) < 4.78 is 39.7. The highest BCUT2D eigenvalue weighted by atomic mass is 32.2. The van der Waals surface area contributed by atoms with Gasteiger partial charge >= 0.3 is 0 Å². The predicted molar refractivity (Wildman–Crippen MR) is 164 cm³/mol. The van der Waals surface area contributed by atoms with Crippen molar-refractivity contribution in [1.82, 2.24) is 10.2 Å². The zero-order valence-electron chi connectivity index (χ0n) is 25.4. The number of rotatable bonds is 12. The smallest absolute Gasteiger partial charge is 0.264 e. The number of methoxy groups -OCH3 is 2. The lowest BCUT2D eigenvalue weighted by Crippen LogP contribution is -2.55. The molecule has 1 N–H and O–H groups in total. The number of benzene rings is 3. The summed E-state index contributed by atoms with van der Waals surface area (Å²) in [5.41, 5.74) is 1.40. The Bertz CT molecular complexity index is 1470. The van der Waals surface area contributed by atoms with E-state index >= 15 is 0 Å². The molecule has 0 aromatic heterocycles. The van der Waals surface area contributed by atoms with Gasteiger partial charge in [0.1, 0.15) is 24.1 Å². The molecule has 0 saturated heterocycles. The van der Waals surface area contributed by atoms with Crippen LogP contribution >= 0.6 is 0 Å². The molecule has 0 spiro atoms. The second-order valence-electron chi connectivity index (χ2n) is 11.1. The van der Waals surface area contributed by atoms with Gasteiger partial charge in [-0.15, -0.1) is 0 Å². The van der Waals surface area contributed by atoms with E-state index in [1.807, 2.05) is 46.8 Å². The van der Waals surface area contributed by atoms with Gasteiger partial charge in [-0.05, 0) is 76.1 Å². The van der Waals surface area contributed by atoms with E-state index in [1.165, 1.54) is 24.1 Å². The fourth-order valence-electron chi connectivity index (χ4n) is 4.43. The monoisotopic (exact) mass is 595 g/mol. The van der Waals surface area contributed by atoms with Crippen molar-refractivity contribution in [3.05, 3.63) is 83.9 Å². The maximum atomic E-state index is 14.2. The van der Waals surface area contributed by atoms with E-state index in [2.05, 4.69) is 5.32 Å². The van der Waals surface area contributed by atoms with Gasteiger partial charge in [0.15, 0.2) is 0 Å². The molecule has 226 valence electrons. The van der Waals surface area contributed by atoms with Crippen molar-refractivity contribution < 1.29 is 27.5 Å². The van der Waals surface area contributed by atoms with E-state index in [0.717, 1.165) is 15.4 Å². The topological polar surface area (TPSA) is 105 Å². The Morgan fingerprint density at radius 2 is 1.52 bits per heavy atom. The van der Waals surface area contributed by atoms with Crippen LogP contribution in [-0.4, -0.2) is 57.5 Å². The number of hydrogen-bond donors (Lipinski definition) is 1. The summed E-state index contributed by atoms with van der Waals surface area (Å²) in [7, 11) is -1.12. The second kappa shape index (κ2) is 13.7. The minimum Gasteiger partial charge on any atom is -0.497 e. The lowest BCUT2D eigenvalue weighted by atomic mass is 10.1. The highest BCUT2D eigenvalue weighted by Gasteiger charge is 2.34. The summed E-state index contributed by atoms with van der Waals surface area (Å²) in [5.74, 6) is 0.249. The molecule has 0 fully saturated rings. The number of hydrogen-bond acceptors (Lipinski definition) is 6. The lowest BCUT2D eigenvalue weighted by molar-refractivity contribution is -0.141. The van der Waals surface area contributed by atoms with Crippen molar-refractivity contribution in [3.8, 4) is 11.5 Å². The third-order valence-electron chi connectivity index (χ3n) is 6.63. The van der Waals surface area contributed by atoms with Crippen molar-refractivity contribution in [3.63, 3.8) is 0 Å². The van der Waals surface area contributed by atoms with Crippen LogP contribution in [0.2, 0.25) is 0 Å². The molecule has 0 radical (unpaired) electrons. The molecule has 10 heteroatoms. The minimum atomic E-state index is -4.17. The quantitative estimate of drug-likeness (QED) is 0.318. The summed E-state index contributed by atoms with van der Waals surface area (Å²) in [6.45, 7) is 8.85. The molecule has 0 aliphatic rings. The average molecular weight is 596 g/mol. The van der Waals surface area contributed by atoms with Gasteiger partial charge in [-0.25, -0.2) is 8.42 Å². The number of aryl methyl sites for hydroxylation is 1. The van der Waals surface area contributed by atoms with Crippen LogP contribution in [0.25, 0.3) is 0 Å². The Balaban J connectivity index is 2.08. The summed E-state index contributed by atoms with van der Waals surface area (Å²) >= 11 is 0. The number of nitrogens with one attached hydrogen (secondary N) is 1. The van der Waals surface area contributed by atoms with Crippen LogP contribution in [-0.2, 0) is 26.2 Å². The normalized spacial score (nSPS) is 12.3. The summed E-state index contributed by atoms with van der Waals surface area (Å²) in [6.07, 6.45) is 0.327. The zero-order valence-corrected chi connectivity index (χ0v) is 26.2. The first-order chi connectivity index (χ1) is 19.8. The highest BCUT2D eigenvalue weighted by molar-refractivity contribution is 7.92. The third-order valence-corrected chi connectivity index (χ3v) is 8.41. The van der Waals surface area contributed by atoms with E-state index in [9.17, 15) is 18.0 Å². The number of nitrogens with zero attached hydrogens (tertiary/aromatic N) is 2. The van der Waals surface area contributed by atoms with Crippen LogP contribution in [0.1, 0.15) is 45.2 Å². The summed E-state index contributed by atoms with van der Waals surface area (Å²) in [5, 5.41) is 2.97. The van der Waals surface area contributed by atoms with Crippen molar-refractivity contribution in [1.29, 1.82) is 0 Å². The van der Waals surface area contributed by atoms with Gasteiger partial charge in [-0.3, -0.25) is 13.9 Å². The van der Waals surface area contributed by atoms with Gasteiger partial charge < -0.3 is 19.7 Å². The number of amides is 2. The van der Waals surface area contributed by atoms with Crippen LogP contribution < -0.4 is 19.1 Å². The number of anilines is 1.